The lowest BCUT2D eigenvalue weighted by molar-refractivity contribution is 0.102. The summed E-state index contributed by atoms with van der Waals surface area (Å²) in [5.41, 5.74) is 4.19. The number of anilines is 2. The van der Waals surface area contributed by atoms with E-state index in [4.69, 9.17) is 0 Å². The van der Waals surface area contributed by atoms with Crippen molar-refractivity contribution in [3.63, 3.8) is 0 Å². The summed E-state index contributed by atoms with van der Waals surface area (Å²) in [7, 11) is -3.70. The predicted octanol–water partition coefficient (Wildman–Crippen LogP) is 4.20. The Morgan fingerprint density at radius 3 is 2.36 bits per heavy atom. The van der Waals surface area contributed by atoms with Gasteiger partial charge >= 0.3 is 0 Å². The van der Waals surface area contributed by atoms with Crippen molar-refractivity contribution < 1.29 is 13.2 Å². The first-order chi connectivity index (χ1) is 15.9. The summed E-state index contributed by atoms with van der Waals surface area (Å²) in [5.74, 6) is 0.395. The highest BCUT2D eigenvalue weighted by molar-refractivity contribution is 7.90. The molecule has 164 valence electrons. The molecular formula is C24H19N5O3S. The number of benzene rings is 3. The van der Waals surface area contributed by atoms with Crippen LogP contribution in [-0.4, -0.2) is 30.4 Å². The van der Waals surface area contributed by atoms with Gasteiger partial charge in [0.05, 0.1) is 0 Å². The maximum Gasteiger partial charge on any atom is 0.285 e. The standard InChI is InChI=1S/C24H19N5O3S/c1-15-21(16-7-3-2-4-8-16)23(28-27-15)26-24(30)17-11-13-18(14-12-17)25-22-19-9-5-6-10-20(19)33(31,32)29-22/h2-14H,1H3,(H,25,29)(H2,26,27,28,30). The average Bonchev–Trinajstić information content (AvgIpc) is 3.31. The quantitative estimate of drug-likeness (QED) is 0.425. The van der Waals surface area contributed by atoms with Crippen molar-refractivity contribution in [1.82, 2.24) is 10.2 Å². The molecule has 0 atom stereocenters. The summed E-state index contributed by atoms with van der Waals surface area (Å²) in [6.45, 7) is 1.90. The first-order valence-corrected chi connectivity index (χ1v) is 11.6. The van der Waals surface area contributed by atoms with E-state index in [0.717, 1.165) is 16.8 Å². The molecule has 0 saturated carbocycles. The van der Waals surface area contributed by atoms with Gasteiger partial charge in [0.2, 0.25) is 0 Å². The van der Waals surface area contributed by atoms with Crippen LogP contribution in [0.1, 0.15) is 21.6 Å². The van der Waals surface area contributed by atoms with E-state index < -0.39 is 10.0 Å². The molecule has 2 heterocycles. The number of amides is 1. The zero-order valence-electron chi connectivity index (χ0n) is 17.5. The number of H-pyrrole nitrogens is 1. The Labute approximate surface area is 190 Å². The van der Waals surface area contributed by atoms with Gasteiger partial charge in [0.1, 0.15) is 4.90 Å². The minimum atomic E-state index is -3.70. The minimum absolute atomic E-state index is 0.173. The Hall–Kier alpha value is -4.24. The van der Waals surface area contributed by atoms with Crippen LogP contribution >= 0.6 is 0 Å². The predicted molar refractivity (Wildman–Crippen MR) is 127 cm³/mol. The molecule has 0 fully saturated rings. The number of fused-ring (bicyclic) bond motifs is 1. The second kappa shape index (κ2) is 8.03. The third kappa shape index (κ3) is 3.90. The van der Waals surface area contributed by atoms with Crippen LogP contribution in [0, 0.1) is 6.92 Å². The third-order valence-electron chi connectivity index (χ3n) is 5.28. The molecule has 33 heavy (non-hydrogen) atoms. The van der Waals surface area contributed by atoms with E-state index in [0.29, 0.717) is 22.6 Å². The number of nitrogens with one attached hydrogen (secondary N) is 3. The Bertz CT molecular complexity index is 1490. The van der Waals surface area contributed by atoms with Crippen LogP contribution < -0.4 is 10.6 Å². The summed E-state index contributed by atoms with van der Waals surface area (Å²) < 4.78 is 28.3. The summed E-state index contributed by atoms with van der Waals surface area (Å²) >= 11 is 0. The smallest absolute Gasteiger partial charge is 0.285 e. The van der Waals surface area contributed by atoms with Crippen LogP contribution in [0.2, 0.25) is 0 Å². The topological polar surface area (TPSA) is 116 Å². The Balaban J connectivity index is 1.34. The molecule has 3 N–H and O–H groups in total. The highest BCUT2D eigenvalue weighted by Gasteiger charge is 2.28. The fourth-order valence-electron chi connectivity index (χ4n) is 3.69. The molecule has 0 unspecified atom stereocenters. The molecule has 0 saturated heterocycles. The normalized spacial score (nSPS) is 13.8. The molecule has 0 radical (unpaired) electrons. The number of hydrogen-bond donors (Lipinski definition) is 3. The number of carbonyl (C=O) groups excluding carboxylic acids is 1. The number of rotatable bonds is 4. The van der Waals surface area contributed by atoms with Crippen LogP contribution in [0.3, 0.4) is 0 Å². The number of hydrogen-bond acceptors (Lipinski definition) is 5. The fraction of sp³-hybridized carbons (Fsp3) is 0.0417. The number of carbonyl (C=O) groups is 1. The van der Waals surface area contributed by atoms with Gasteiger partial charge in [0, 0.05) is 28.1 Å². The molecule has 1 aliphatic heterocycles. The number of aromatic amines is 1. The van der Waals surface area contributed by atoms with Crippen LogP contribution in [0.4, 0.5) is 11.5 Å². The van der Waals surface area contributed by atoms with E-state index in [2.05, 4.69) is 25.2 Å². The van der Waals surface area contributed by atoms with Crippen molar-refractivity contribution in [3.05, 3.63) is 95.7 Å². The van der Waals surface area contributed by atoms with Gasteiger partial charge in [-0.05, 0) is 48.9 Å². The molecule has 1 aliphatic rings. The maximum atomic E-state index is 12.8. The summed E-state index contributed by atoms with van der Waals surface area (Å²) in [5, 5.41) is 13.0. The van der Waals surface area contributed by atoms with E-state index in [1.807, 2.05) is 37.3 Å². The second-order valence-corrected chi connectivity index (χ2v) is 9.08. The molecule has 9 heteroatoms. The van der Waals surface area contributed by atoms with Crippen molar-refractivity contribution >= 4 is 33.3 Å². The maximum absolute atomic E-state index is 12.8. The first-order valence-electron chi connectivity index (χ1n) is 10.2. The number of aromatic nitrogens is 2. The number of nitrogens with zero attached hydrogens (tertiary/aromatic N) is 2. The molecule has 5 rings (SSSR count). The summed E-state index contributed by atoms with van der Waals surface area (Å²) in [4.78, 5) is 13.0. The third-order valence-corrected chi connectivity index (χ3v) is 6.62. The summed E-state index contributed by atoms with van der Waals surface area (Å²) in [6, 6.07) is 23.0. The number of sulfonamides is 1. The number of amidine groups is 1. The molecule has 0 spiro atoms. The van der Waals surface area contributed by atoms with E-state index in [-0.39, 0.29) is 16.6 Å². The fourth-order valence-corrected chi connectivity index (χ4v) is 4.87. The van der Waals surface area contributed by atoms with Gasteiger partial charge in [0.15, 0.2) is 11.7 Å². The van der Waals surface area contributed by atoms with Crippen LogP contribution in [0.15, 0.2) is 88.2 Å². The lowest BCUT2D eigenvalue weighted by atomic mass is 10.1. The van der Waals surface area contributed by atoms with Gasteiger partial charge in [-0.15, -0.1) is 4.40 Å². The van der Waals surface area contributed by atoms with Crippen LogP contribution in [0.25, 0.3) is 11.1 Å². The Kier molecular flexibility index (Phi) is 5.02. The van der Waals surface area contributed by atoms with Crippen molar-refractivity contribution in [2.24, 2.45) is 4.40 Å². The van der Waals surface area contributed by atoms with Crippen molar-refractivity contribution in [3.8, 4) is 11.1 Å². The van der Waals surface area contributed by atoms with Crippen molar-refractivity contribution in [2.75, 3.05) is 10.6 Å². The zero-order valence-corrected chi connectivity index (χ0v) is 18.3. The highest BCUT2D eigenvalue weighted by atomic mass is 32.2. The summed E-state index contributed by atoms with van der Waals surface area (Å²) in [6.07, 6.45) is 0. The Morgan fingerprint density at radius 1 is 0.909 bits per heavy atom. The van der Waals surface area contributed by atoms with E-state index in [1.54, 1.807) is 42.5 Å². The molecule has 1 amide bonds. The number of aryl methyl sites for hydroxylation is 1. The van der Waals surface area contributed by atoms with Gasteiger partial charge in [-0.2, -0.15) is 13.5 Å². The molecule has 1 aromatic heterocycles. The van der Waals surface area contributed by atoms with E-state index >= 15 is 0 Å². The van der Waals surface area contributed by atoms with E-state index in [9.17, 15) is 13.2 Å². The zero-order chi connectivity index (χ0) is 23.0. The molecule has 8 nitrogen and oxygen atoms in total. The van der Waals surface area contributed by atoms with Gasteiger partial charge in [-0.25, -0.2) is 0 Å². The second-order valence-electron chi connectivity index (χ2n) is 7.51. The highest BCUT2D eigenvalue weighted by Crippen LogP contribution is 2.30. The minimum Gasteiger partial charge on any atom is -0.339 e. The Morgan fingerprint density at radius 2 is 1.61 bits per heavy atom. The van der Waals surface area contributed by atoms with Crippen LogP contribution in [0.5, 0.6) is 0 Å². The lowest BCUT2D eigenvalue weighted by Crippen LogP contribution is -2.14. The first kappa shape index (κ1) is 20.7. The van der Waals surface area contributed by atoms with Crippen molar-refractivity contribution in [2.45, 2.75) is 11.8 Å². The molecule has 0 aliphatic carbocycles. The lowest BCUT2D eigenvalue weighted by Gasteiger charge is -2.09. The van der Waals surface area contributed by atoms with Gasteiger partial charge in [-0.1, -0.05) is 42.5 Å². The van der Waals surface area contributed by atoms with Gasteiger partial charge < -0.3 is 10.6 Å². The molecule has 0 bridgehead atoms. The SMILES string of the molecule is Cc1[nH]nc(NC(=O)c2ccc(NC3=NS(=O)(=O)c4ccccc43)cc2)c1-c1ccccc1. The molecule has 4 aromatic rings. The van der Waals surface area contributed by atoms with Gasteiger partial charge in [-0.3, -0.25) is 9.89 Å². The van der Waals surface area contributed by atoms with Crippen LogP contribution in [-0.2, 0) is 10.0 Å². The molecule has 3 aromatic carbocycles. The largest absolute Gasteiger partial charge is 0.339 e. The molecular weight excluding hydrogens is 438 g/mol. The van der Waals surface area contributed by atoms with Gasteiger partial charge in [0.25, 0.3) is 15.9 Å². The van der Waals surface area contributed by atoms with Crippen molar-refractivity contribution in [1.29, 1.82) is 0 Å². The average molecular weight is 458 g/mol. The monoisotopic (exact) mass is 457 g/mol. The van der Waals surface area contributed by atoms with E-state index in [1.165, 1.54) is 6.07 Å².